The van der Waals surface area contributed by atoms with Gasteiger partial charge in [-0.1, -0.05) is 125 Å². The van der Waals surface area contributed by atoms with Crippen LogP contribution in [0.3, 0.4) is 0 Å². The molecule has 0 radical (unpaired) electrons. The lowest BCUT2D eigenvalue weighted by molar-refractivity contribution is 0.332. The fraction of sp³-hybridized carbons (Fsp3) is 0.387. The van der Waals surface area contributed by atoms with Crippen LogP contribution in [0.25, 0.3) is 21.2 Å². The van der Waals surface area contributed by atoms with Gasteiger partial charge in [-0.2, -0.15) is 0 Å². The lowest BCUT2D eigenvalue weighted by Gasteiger charge is -2.47. The van der Waals surface area contributed by atoms with Crippen molar-refractivity contribution in [2.24, 2.45) is 0 Å². The molecule has 3 heterocycles. The zero-order valence-corrected chi connectivity index (χ0v) is 43.3. The molecule has 2 aliphatic heterocycles. The molecule has 0 unspecified atom stereocenters. The number of nitrogens with zero attached hydrogens (tertiary/aromatic N) is 2. The summed E-state index contributed by atoms with van der Waals surface area (Å²) in [6, 6.07) is 39.2. The van der Waals surface area contributed by atoms with Crippen LogP contribution >= 0.6 is 11.3 Å². The second-order valence-electron chi connectivity index (χ2n) is 24.6. The quantitative estimate of drug-likeness (QED) is 0.163. The highest BCUT2D eigenvalue weighted by atomic mass is 32.1. The number of thiophene rings is 1. The largest absolute Gasteiger partial charge is 0.311 e. The van der Waals surface area contributed by atoms with Crippen molar-refractivity contribution >= 4 is 78.0 Å². The van der Waals surface area contributed by atoms with Crippen molar-refractivity contribution in [3.63, 3.8) is 0 Å². The van der Waals surface area contributed by atoms with Crippen LogP contribution in [0.4, 0.5) is 34.1 Å². The maximum Gasteiger partial charge on any atom is 0.264 e. The maximum absolute atomic E-state index is 2.71. The van der Waals surface area contributed by atoms with E-state index in [2.05, 4.69) is 222 Å². The van der Waals surface area contributed by atoms with Gasteiger partial charge in [0.05, 0.1) is 5.69 Å². The van der Waals surface area contributed by atoms with E-state index in [1.54, 1.807) is 0 Å². The number of rotatable bonds is 3. The summed E-state index contributed by atoms with van der Waals surface area (Å²) in [6.45, 7) is 36.1. The third kappa shape index (κ3) is 6.39. The molecule has 0 N–H and O–H groups in total. The first-order valence-electron chi connectivity index (χ1n) is 24.8. The fourth-order valence-corrected chi connectivity index (χ4v) is 14.0. The first-order chi connectivity index (χ1) is 31.0. The summed E-state index contributed by atoms with van der Waals surface area (Å²) < 4.78 is 2.88. The molecule has 0 amide bonds. The van der Waals surface area contributed by atoms with Crippen LogP contribution in [0.5, 0.6) is 0 Å². The third-order valence-electron chi connectivity index (χ3n) is 17.0. The second kappa shape index (κ2) is 14.2. The molecule has 0 saturated carbocycles. The van der Waals surface area contributed by atoms with Crippen LogP contribution in [0.2, 0.25) is 0 Å². The summed E-state index contributed by atoms with van der Waals surface area (Å²) in [4.78, 5) is 5.38. The molecular formula is C62H69BN2S. The van der Waals surface area contributed by atoms with Crippen LogP contribution in [-0.2, 0) is 27.1 Å². The Bertz CT molecular complexity index is 3160. The van der Waals surface area contributed by atoms with Gasteiger partial charge < -0.3 is 9.80 Å². The molecule has 0 saturated heterocycles. The summed E-state index contributed by atoms with van der Waals surface area (Å²) in [5.74, 6) is 0. The standard InChI is InChI=1S/C62H69BN2S/c1-36-29-51-55-52(30-36)65(49-31-40(20-19-37(49)2)54-38(3)17-16-18-39(54)4)50-34-46-45(60(10,11)26-27-61(46,12)13)33-48(50)63(55)57-56(64(51)42-23-21-41(22-24-42)58(5,6)7)43-32-44-47(35-53(43)66-57)62(14,15)28-25-59(44,8)9/h16-24,29-35H,25-28H2,1-15H3. The Hall–Kier alpha value is -5.06. The van der Waals surface area contributed by atoms with Gasteiger partial charge in [0.25, 0.3) is 6.71 Å². The Labute approximate surface area is 400 Å². The number of hydrogen-bond acceptors (Lipinski definition) is 3. The number of hydrogen-bond donors (Lipinski definition) is 0. The van der Waals surface area contributed by atoms with Gasteiger partial charge in [-0.3, -0.25) is 0 Å². The van der Waals surface area contributed by atoms with Crippen molar-refractivity contribution in [3.05, 3.63) is 147 Å². The van der Waals surface area contributed by atoms with Crippen LogP contribution in [0, 0.1) is 27.7 Å². The zero-order valence-electron chi connectivity index (χ0n) is 42.4. The van der Waals surface area contributed by atoms with Gasteiger partial charge in [0.2, 0.25) is 0 Å². The van der Waals surface area contributed by atoms with E-state index in [4.69, 9.17) is 0 Å². The summed E-state index contributed by atoms with van der Waals surface area (Å²) >= 11 is 2.07. The monoisotopic (exact) mass is 885 g/mol. The highest BCUT2D eigenvalue weighted by Gasteiger charge is 2.49. The SMILES string of the molecule is Cc1cc2c3c(c1)N(c1ccc(C(C)(C)C)cc1)c1c(sc4cc5c(cc14)C(C)(C)CCC5(C)C)B3c1cc3c(cc1N2c1cc(-c2c(C)cccc2C)ccc1C)C(C)(C)CCC3(C)C. The van der Waals surface area contributed by atoms with Gasteiger partial charge in [-0.05, 0) is 201 Å². The van der Waals surface area contributed by atoms with Crippen molar-refractivity contribution in [1.82, 2.24) is 0 Å². The molecule has 0 fully saturated rings. The second-order valence-corrected chi connectivity index (χ2v) is 25.7. The van der Waals surface area contributed by atoms with Gasteiger partial charge in [0.15, 0.2) is 0 Å². The molecule has 4 aliphatic rings. The van der Waals surface area contributed by atoms with Crippen LogP contribution < -0.4 is 25.5 Å². The zero-order chi connectivity index (χ0) is 46.8. The van der Waals surface area contributed by atoms with Gasteiger partial charge in [-0.15, -0.1) is 11.3 Å². The van der Waals surface area contributed by atoms with E-state index < -0.39 is 0 Å². The molecule has 1 aromatic heterocycles. The smallest absolute Gasteiger partial charge is 0.264 e. The minimum absolute atomic E-state index is 0.0562. The van der Waals surface area contributed by atoms with Crippen molar-refractivity contribution in [2.75, 3.05) is 9.80 Å². The van der Waals surface area contributed by atoms with E-state index in [1.807, 2.05) is 0 Å². The molecule has 4 heteroatoms. The minimum Gasteiger partial charge on any atom is -0.311 e. The van der Waals surface area contributed by atoms with Gasteiger partial charge >= 0.3 is 0 Å². The Morgan fingerprint density at radius 1 is 0.530 bits per heavy atom. The molecule has 2 aliphatic carbocycles. The molecule has 0 bridgehead atoms. The van der Waals surface area contributed by atoms with Crippen LogP contribution in [-0.4, -0.2) is 6.71 Å². The minimum atomic E-state index is 0.0562. The first-order valence-corrected chi connectivity index (χ1v) is 25.6. The number of anilines is 6. The van der Waals surface area contributed by atoms with E-state index in [-0.39, 0.29) is 33.8 Å². The van der Waals surface area contributed by atoms with Gasteiger partial charge in [-0.25, -0.2) is 0 Å². The Kier molecular flexibility index (Phi) is 9.39. The molecule has 0 spiro atoms. The van der Waals surface area contributed by atoms with Gasteiger partial charge in [0, 0.05) is 43.3 Å². The van der Waals surface area contributed by atoms with Crippen LogP contribution in [0.15, 0.2) is 97.1 Å². The topological polar surface area (TPSA) is 6.48 Å². The van der Waals surface area contributed by atoms with E-state index in [9.17, 15) is 0 Å². The maximum atomic E-state index is 2.71. The molecule has 336 valence electrons. The van der Waals surface area contributed by atoms with Gasteiger partial charge in [0.1, 0.15) is 0 Å². The predicted octanol–water partition coefficient (Wildman–Crippen LogP) is 15.9. The first kappa shape index (κ1) is 43.5. The predicted molar refractivity (Wildman–Crippen MR) is 290 cm³/mol. The van der Waals surface area contributed by atoms with Crippen molar-refractivity contribution in [3.8, 4) is 11.1 Å². The molecule has 0 atom stereocenters. The average Bonchev–Trinajstić information content (AvgIpc) is 3.62. The number of fused-ring (bicyclic) bond motifs is 8. The summed E-state index contributed by atoms with van der Waals surface area (Å²) in [7, 11) is 0. The number of benzene rings is 6. The Balaban J connectivity index is 1.27. The Morgan fingerprint density at radius 2 is 1.08 bits per heavy atom. The lowest BCUT2D eigenvalue weighted by Crippen LogP contribution is -2.61. The van der Waals surface area contributed by atoms with Crippen molar-refractivity contribution < 1.29 is 0 Å². The van der Waals surface area contributed by atoms with E-state index in [1.165, 1.54) is 147 Å². The highest BCUT2D eigenvalue weighted by molar-refractivity contribution is 7.33. The summed E-state index contributed by atoms with van der Waals surface area (Å²) in [5.41, 5.74) is 26.3. The van der Waals surface area contributed by atoms with Crippen LogP contribution in [0.1, 0.15) is 152 Å². The average molecular weight is 885 g/mol. The van der Waals surface area contributed by atoms with Crippen molar-refractivity contribution in [1.29, 1.82) is 0 Å². The van der Waals surface area contributed by atoms with E-state index in [0.29, 0.717) is 0 Å². The molecule has 2 nitrogen and oxygen atoms in total. The molecule has 6 aromatic carbocycles. The highest BCUT2D eigenvalue weighted by Crippen LogP contribution is 2.55. The Morgan fingerprint density at radius 3 is 1.67 bits per heavy atom. The third-order valence-corrected chi connectivity index (χ3v) is 18.2. The molecule has 66 heavy (non-hydrogen) atoms. The van der Waals surface area contributed by atoms with E-state index >= 15 is 0 Å². The lowest BCUT2D eigenvalue weighted by atomic mass is 9.35. The summed E-state index contributed by atoms with van der Waals surface area (Å²) in [6.07, 6.45) is 4.76. The van der Waals surface area contributed by atoms with E-state index in [0.717, 1.165) is 0 Å². The molecular weight excluding hydrogens is 816 g/mol. The molecule has 7 aromatic rings. The molecule has 11 rings (SSSR count). The fourth-order valence-electron chi connectivity index (χ4n) is 12.7. The normalized spacial score (nSPS) is 18.4. The van der Waals surface area contributed by atoms with Crippen molar-refractivity contribution in [2.45, 2.75) is 157 Å². The summed E-state index contributed by atoms with van der Waals surface area (Å²) in [5, 5.41) is 1.40. The number of aryl methyl sites for hydroxylation is 4.